The molecule has 0 bridgehead atoms. The number of phosphoric acid groups is 2. The van der Waals surface area contributed by atoms with E-state index in [-0.39, 0.29) is 25.7 Å². The molecule has 5 atom stereocenters. The Bertz CT molecular complexity index is 2460. The van der Waals surface area contributed by atoms with E-state index >= 15 is 0 Å². The van der Waals surface area contributed by atoms with Crippen LogP contribution in [0.15, 0.2) is 134 Å². The molecule has 0 aliphatic heterocycles. The van der Waals surface area contributed by atoms with Crippen LogP contribution in [0.4, 0.5) is 0 Å². The van der Waals surface area contributed by atoms with Gasteiger partial charge in [0.05, 0.1) is 26.4 Å². The van der Waals surface area contributed by atoms with Crippen molar-refractivity contribution in [1.82, 2.24) is 0 Å². The normalized spacial score (nSPS) is 14.6. The first-order chi connectivity index (χ1) is 49.7. The second-order valence-corrected chi connectivity index (χ2v) is 28.8. The van der Waals surface area contributed by atoms with Crippen LogP contribution in [-0.4, -0.2) is 96.7 Å². The molecule has 0 radical (unpaired) electrons. The molecule has 0 heterocycles. The summed E-state index contributed by atoms with van der Waals surface area (Å²) in [6.07, 6.45) is 82.9. The van der Waals surface area contributed by atoms with E-state index in [0.29, 0.717) is 32.1 Å². The number of rotatable bonds is 73. The fourth-order valence-electron chi connectivity index (χ4n) is 10.2. The average Bonchev–Trinajstić information content (AvgIpc) is 0.939. The van der Waals surface area contributed by atoms with Crippen LogP contribution in [0.1, 0.15) is 310 Å². The Balaban J connectivity index is 5.40. The lowest BCUT2D eigenvalue weighted by atomic mass is 10.0. The summed E-state index contributed by atoms with van der Waals surface area (Å²) in [6.45, 7) is 4.46. The van der Waals surface area contributed by atoms with Gasteiger partial charge in [-0.25, -0.2) is 9.13 Å². The minimum absolute atomic E-state index is 0.0340. The van der Waals surface area contributed by atoms with Gasteiger partial charge in [0.25, 0.3) is 0 Å². The van der Waals surface area contributed by atoms with E-state index in [2.05, 4.69) is 161 Å². The molecule has 0 saturated carbocycles. The number of carbonyl (C=O) groups excluding carboxylic acids is 4. The lowest BCUT2D eigenvalue weighted by molar-refractivity contribution is -0.161. The zero-order valence-electron chi connectivity index (χ0n) is 63.7. The van der Waals surface area contributed by atoms with Crippen LogP contribution in [0.25, 0.3) is 0 Å². The maximum Gasteiger partial charge on any atom is 0.472 e. The summed E-state index contributed by atoms with van der Waals surface area (Å²) in [7, 11) is -9.98. The maximum absolute atomic E-state index is 13.1. The molecule has 0 rings (SSSR count). The van der Waals surface area contributed by atoms with Crippen molar-refractivity contribution in [2.24, 2.45) is 0 Å². The largest absolute Gasteiger partial charge is 0.472 e. The summed E-state index contributed by atoms with van der Waals surface area (Å²) in [5.41, 5.74) is 0. The molecule has 0 spiro atoms. The number of unbranched alkanes of at least 4 members (excludes halogenated alkanes) is 25. The van der Waals surface area contributed by atoms with Crippen LogP contribution < -0.4 is 0 Å². The molecule has 0 amide bonds. The fraction of sp³-hybridized carbons (Fsp3) is 0.687. The van der Waals surface area contributed by atoms with E-state index in [1.807, 2.05) is 0 Å². The van der Waals surface area contributed by atoms with Gasteiger partial charge in [-0.15, -0.1) is 0 Å². The number of aliphatic hydroxyl groups is 1. The summed E-state index contributed by atoms with van der Waals surface area (Å²) in [4.78, 5) is 73.0. The van der Waals surface area contributed by atoms with E-state index in [4.69, 9.17) is 37.0 Å². The summed E-state index contributed by atoms with van der Waals surface area (Å²) in [6, 6.07) is 0. The van der Waals surface area contributed by atoms with Crippen molar-refractivity contribution in [2.45, 2.75) is 329 Å². The summed E-state index contributed by atoms with van der Waals surface area (Å²) in [5, 5.41) is 10.6. The van der Waals surface area contributed by atoms with Gasteiger partial charge < -0.3 is 33.8 Å². The van der Waals surface area contributed by atoms with Crippen molar-refractivity contribution in [3.05, 3.63) is 134 Å². The maximum atomic E-state index is 13.1. The van der Waals surface area contributed by atoms with E-state index in [9.17, 15) is 43.2 Å². The molecule has 0 fully saturated rings. The van der Waals surface area contributed by atoms with Crippen molar-refractivity contribution in [1.29, 1.82) is 0 Å². The number of esters is 4. The fourth-order valence-corrected chi connectivity index (χ4v) is 11.8. The lowest BCUT2D eigenvalue weighted by Gasteiger charge is -2.21. The van der Waals surface area contributed by atoms with E-state index < -0.39 is 97.5 Å². The number of hydrogen-bond donors (Lipinski definition) is 3. The Kier molecular flexibility index (Phi) is 71.0. The van der Waals surface area contributed by atoms with Crippen molar-refractivity contribution >= 4 is 39.5 Å². The number of phosphoric ester groups is 2. The topological polar surface area (TPSA) is 237 Å². The number of carbonyl (C=O) groups is 4. The van der Waals surface area contributed by atoms with Gasteiger partial charge in [-0.2, -0.15) is 0 Å². The molecule has 584 valence electrons. The average molecular weight is 1470 g/mol. The predicted molar refractivity (Wildman–Crippen MR) is 418 cm³/mol. The zero-order valence-corrected chi connectivity index (χ0v) is 65.5. The molecule has 0 aliphatic rings. The van der Waals surface area contributed by atoms with Crippen molar-refractivity contribution in [2.75, 3.05) is 39.6 Å². The van der Waals surface area contributed by atoms with Gasteiger partial charge in [0, 0.05) is 25.7 Å². The molecule has 5 unspecified atom stereocenters. The Hall–Kier alpha value is -4.80. The van der Waals surface area contributed by atoms with Gasteiger partial charge in [0.2, 0.25) is 0 Å². The van der Waals surface area contributed by atoms with Gasteiger partial charge in [0.15, 0.2) is 12.2 Å². The first kappa shape index (κ1) is 97.2. The van der Waals surface area contributed by atoms with Gasteiger partial charge >= 0.3 is 39.5 Å². The molecule has 3 N–H and O–H groups in total. The molecule has 0 aromatic heterocycles. The van der Waals surface area contributed by atoms with Crippen LogP contribution >= 0.6 is 15.6 Å². The third kappa shape index (κ3) is 73.5. The standard InChI is InChI=1S/C83H140O17P2/c1-5-9-13-17-21-25-29-33-36-38-41-44-47-51-55-59-63-67-80(85)93-73-78(99-82(87)69-65-61-57-53-49-43-32-28-24-20-16-12-8-4)75-97-101(89,90)95-71-77(84)72-96-102(91,92)98-76-79(100-83(88)70-66-62-58-54-50-46-40-35-31-27-23-19-15-11-7-3)74-94-81(86)68-64-60-56-52-48-45-42-39-37-34-30-26-22-18-14-10-6-2/h9-11,13-15,21-23,25-27,33-37,40,42,45,50,54,77-79,84H,5-8,12,16-20,24,28-32,38-39,41,43-44,46-49,51-53,55-76H2,1-4H3,(H,89,90)(H,91,92)/b13-9-,14-10-,15-11-,25-21-,26-22-,27-23-,36-33-,37-34-,40-35-,45-42-,54-50-. The summed E-state index contributed by atoms with van der Waals surface area (Å²) >= 11 is 0. The Labute approximate surface area is 618 Å². The van der Waals surface area contributed by atoms with Gasteiger partial charge in [-0.1, -0.05) is 283 Å². The highest BCUT2D eigenvalue weighted by Gasteiger charge is 2.30. The van der Waals surface area contributed by atoms with Gasteiger partial charge in [-0.05, 0) is 135 Å². The van der Waals surface area contributed by atoms with E-state index in [0.717, 1.165) is 173 Å². The van der Waals surface area contributed by atoms with Crippen molar-refractivity contribution in [3.63, 3.8) is 0 Å². The molecule has 0 saturated heterocycles. The molecule has 17 nitrogen and oxygen atoms in total. The van der Waals surface area contributed by atoms with Crippen LogP contribution in [0.5, 0.6) is 0 Å². The van der Waals surface area contributed by atoms with Crippen molar-refractivity contribution in [3.8, 4) is 0 Å². The van der Waals surface area contributed by atoms with Gasteiger partial charge in [0.1, 0.15) is 19.3 Å². The second kappa shape index (κ2) is 74.5. The molecular formula is C83H140O17P2. The minimum Gasteiger partial charge on any atom is -0.462 e. The smallest absolute Gasteiger partial charge is 0.462 e. The first-order valence-corrected chi connectivity index (χ1v) is 42.4. The molecule has 102 heavy (non-hydrogen) atoms. The highest BCUT2D eigenvalue weighted by molar-refractivity contribution is 7.47. The molecule has 0 aliphatic carbocycles. The molecular weight excluding hydrogens is 1330 g/mol. The minimum atomic E-state index is -5.00. The SMILES string of the molecule is CC/C=C\C/C=C\C/C=C\C/C=C\CCCCCCC(=O)OCC(COP(=O)(O)OCC(O)COP(=O)(O)OCC(COC(=O)CCCCCCCCC/C=C\C/C=C\C/C=C\CC)OC(=O)CCCCCCCCCCCCCCC)OC(=O)CCCC/C=C\C/C=C\C/C=C\C/C=C\CC. The summed E-state index contributed by atoms with van der Waals surface area (Å²) in [5.74, 6) is -2.25. The van der Waals surface area contributed by atoms with Crippen LogP contribution in [0.2, 0.25) is 0 Å². The number of allylic oxidation sites excluding steroid dienone is 22. The predicted octanol–water partition coefficient (Wildman–Crippen LogP) is 22.9. The third-order valence-electron chi connectivity index (χ3n) is 16.1. The molecule has 0 aromatic rings. The number of ether oxygens (including phenoxy) is 4. The van der Waals surface area contributed by atoms with Gasteiger partial charge in [-0.3, -0.25) is 37.3 Å². The monoisotopic (exact) mass is 1470 g/mol. The molecule has 0 aromatic carbocycles. The molecule has 19 heteroatoms. The highest BCUT2D eigenvalue weighted by Crippen LogP contribution is 2.45. The first-order valence-electron chi connectivity index (χ1n) is 39.4. The van der Waals surface area contributed by atoms with E-state index in [1.54, 1.807) is 0 Å². The second-order valence-electron chi connectivity index (χ2n) is 25.9. The Morgan fingerprint density at radius 2 is 0.510 bits per heavy atom. The highest BCUT2D eigenvalue weighted by atomic mass is 31.2. The lowest BCUT2D eigenvalue weighted by Crippen LogP contribution is -2.30. The number of hydrogen-bond acceptors (Lipinski definition) is 15. The third-order valence-corrected chi connectivity index (χ3v) is 18.0. The van der Waals surface area contributed by atoms with Crippen molar-refractivity contribution < 1.29 is 80.2 Å². The van der Waals surface area contributed by atoms with Crippen LogP contribution in [0, 0.1) is 0 Å². The van der Waals surface area contributed by atoms with Crippen LogP contribution in [0.3, 0.4) is 0 Å². The summed E-state index contributed by atoms with van der Waals surface area (Å²) < 4.78 is 68.5. The zero-order chi connectivity index (χ0) is 74.6. The Morgan fingerprint density at radius 3 is 0.804 bits per heavy atom. The Morgan fingerprint density at radius 1 is 0.284 bits per heavy atom. The van der Waals surface area contributed by atoms with E-state index in [1.165, 1.54) is 51.4 Å². The van der Waals surface area contributed by atoms with Crippen LogP contribution in [-0.2, 0) is 65.4 Å². The number of aliphatic hydroxyl groups excluding tert-OH is 1. The quantitative estimate of drug-likeness (QED) is 0.0169.